The predicted molar refractivity (Wildman–Crippen MR) is 161 cm³/mol. The van der Waals surface area contributed by atoms with E-state index in [-0.39, 0.29) is 45.3 Å². The van der Waals surface area contributed by atoms with E-state index in [1.807, 2.05) is 31.2 Å². The average Bonchev–Trinajstić information content (AvgIpc) is 3.61. The van der Waals surface area contributed by atoms with Gasteiger partial charge >= 0.3 is 0 Å². The lowest BCUT2D eigenvalue weighted by molar-refractivity contribution is -0.137. The largest absolute Gasteiger partial charge is 0.354 e. The van der Waals surface area contributed by atoms with Crippen molar-refractivity contribution in [2.75, 3.05) is 18.4 Å². The lowest BCUT2D eigenvalue weighted by Gasteiger charge is -2.30. The number of amides is 4. The molecule has 4 rings (SSSR count). The van der Waals surface area contributed by atoms with Gasteiger partial charge in [-0.05, 0) is 75.3 Å². The summed E-state index contributed by atoms with van der Waals surface area (Å²) in [5.74, 6) is -0.561. The molecule has 2 atom stereocenters. The van der Waals surface area contributed by atoms with E-state index < -0.39 is 11.5 Å². The highest BCUT2D eigenvalue weighted by atomic mass is 35.5. The lowest BCUT2D eigenvalue weighted by atomic mass is 9.81. The number of nitrogens with one attached hydrogen (secondary N) is 3. The third kappa shape index (κ3) is 7.60. The number of carbonyl (C=O) groups is 4. The van der Waals surface area contributed by atoms with Gasteiger partial charge in [-0.1, -0.05) is 54.2 Å². The zero-order valence-electron chi connectivity index (χ0n) is 23.6. The molecule has 2 aromatic carbocycles. The minimum Gasteiger partial charge on any atom is -0.354 e. The summed E-state index contributed by atoms with van der Waals surface area (Å²) in [7, 11) is 0. The second-order valence-corrected chi connectivity index (χ2v) is 12.0. The third-order valence-corrected chi connectivity index (χ3v) is 8.86. The lowest BCUT2D eigenvalue weighted by Crippen LogP contribution is -2.48. The Labute approximate surface area is 251 Å². The van der Waals surface area contributed by atoms with Crippen molar-refractivity contribution in [3.8, 4) is 0 Å². The van der Waals surface area contributed by atoms with Crippen LogP contribution in [0.1, 0.15) is 74.7 Å². The van der Waals surface area contributed by atoms with E-state index in [0.29, 0.717) is 38.0 Å². The average molecular weight is 602 g/mol. The van der Waals surface area contributed by atoms with Crippen LogP contribution in [0, 0.1) is 5.41 Å². The molecule has 2 unspecified atom stereocenters. The van der Waals surface area contributed by atoms with Crippen LogP contribution in [0.4, 0.5) is 5.69 Å². The highest BCUT2D eigenvalue weighted by Gasteiger charge is 2.41. The van der Waals surface area contributed by atoms with Crippen LogP contribution < -0.4 is 16.0 Å². The molecule has 1 aliphatic heterocycles. The second-order valence-electron chi connectivity index (χ2n) is 11.2. The van der Waals surface area contributed by atoms with E-state index in [4.69, 9.17) is 23.2 Å². The summed E-state index contributed by atoms with van der Waals surface area (Å²) < 4.78 is 0. The quantitative estimate of drug-likeness (QED) is 0.340. The summed E-state index contributed by atoms with van der Waals surface area (Å²) in [4.78, 5) is 52.3. The molecule has 1 saturated carbocycles. The van der Waals surface area contributed by atoms with Gasteiger partial charge in [-0.25, -0.2) is 0 Å². The van der Waals surface area contributed by atoms with Crippen LogP contribution in [0.3, 0.4) is 0 Å². The number of likely N-dealkylation sites (tertiary alicyclic amines) is 1. The maximum Gasteiger partial charge on any atom is 0.258 e. The Morgan fingerprint density at radius 1 is 1.00 bits per heavy atom. The van der Waals surface area contributed by atoms with E-state index >= 15 is 0 Å². The van der Waals surface area contributed by atoms with Crippen molar-refractivity contribution in [3.05, 3.63) is 63.6 Å². The first-order chi connectivity index (χ1) is 19.6. The number of carbonyl (C=O) groups excluding carboxylic acids is 4. The molecule has 2 aromatic rings. The highest BCUT2D eigenvalue weighted by Crippen LogP contribution is 2.41. The van der Waals surface area contributed by atoms with Crippen molar-refractivity contribution in [1.82, 2.24) is 15.5 Å². The molecular weight excluding hydrogens is 563 g/mol. The molecule has 0 bridgehead atoms. The van der Waals surface area contributed by atoms with Gasteiger partial charge in [0.1, 0.15) is 6.04 Å². The maximum absolute atomic E-state index is 13.5. The monoisotopic (exact) mass is 600 g/mol. The predicted octanol–water partition coefficient (Wildman–Crippen LogP) is 5.37. The first kappa shape index (κ1) is 30.8. The van der Waals surface area contributed by atoms with Crippen molar-refractivity contribution in [3.63, 3.8) is 0 Å². The first-order valence-electron chi connectivity index (χ1n) is 14.3. The second kappa shape index (κ2) is 13.7. The van der Waals surface area contributed by atoms with Crippen molar-refractivity contribution in [2.24, 2.45) is 5.41 Å². The van der Waals surface area contributed by atoms with E-state index in [0.717, 1.165) is 37.7 Å². The van der Waals surface area contributed by atoms with Gasteiger partial charge in [-0.15, -0.1) is 0 Å². The van der Waals surface area contributed by atoms with Crippen LogP contribution in [0.2, 0.25) is 10.0 Å². The fourth-order valence-corrected chi connectivity index (χ4v) is 6.58. The highest BCUT2D eigenvalue weighted by molar-refractivity contribution is 6.40. The van der Waals surface area contributed by atoms with Crippen molar-refractivity contribution in [2.45, 2.75) is 77.3 Å². The molecule has 4 amide bonds. The molecule has 0 radical (unpaired) electrons. The Bertz CT molecular complexity index is 1260. The van der Waals surface area contributed by atoms with Crippen LogP contribution in [0.15, 0.2) is 42.5 Å². The number of halogens is 2. The van der Waals surface area contributed by atoms with Crippen molar-refractivity contribution >= 4 is 52.5 Å². The summed E-state index contributed by atoms with van der Waals surface area (Å²) in [5, 5.41) is 9.58. The molecule has 0 spiro atoms. The van der Waals surface area contributed by atoms with Gasteiger partial charge in [0.05, 0.1) is 21.0 Å². The third-order valence-electron chi connectivity index (χ3n) is 8.23. The van der Waals surface area contributed by atoms with E-state index in [1.54, 1.807) is 23.1 Å². The minimum atomic E-state index is -0.494. The van der Waals surface area contributed by atoms with Gasteiger partial charge in [-0.3, -0.25) is 19.2 Å². The van der Waals surface area contributed by atoms with Crippen LogP contribution >= 0.6 is 23.2 Å². The zero-order chi connectivity index (χ0) is 29.6. The molecule has 3 N–H and O–H groups in total. The molecule has 1 aliphatic carbocycles. The van der Waals surface area contributed by atoms with Crippen molar-refractivity contribution in [1.29, 1.82) is 0 Å². The van der Waals surface area contributed by atoms with E-state index in [2.05, 4.69) is 16.0 Å². The number of hydrogen-bond acceptors (Lipinski definition) is 4. The van der Waals surface area contributed by atoms with Gasteiger partial charge < -0.3 is 20.9 Å². The SMILES string of the molecule is CC(=O)N1CCCC1C(=O)NCCC1(C(=O)NC(C)Cc2ccc(NC(=O)c3c(Cl)cccc3Cl)cc2)CCCC1. The normalized spacial score (nSPS) is 18.5. The maximum atomic E-state index is 13.5. The van der Waals surface area contributed by atoms with Crippen LogP contribution in [0.5, 0.6) is 0 Å². The number of hydrogen-bond donors (Lipinski definition) is 3. The van der Waals surface area contributed by atoms with E-state index in [1.165, 1.54) is 6.92 Å². The van der Waals surface area contributed by atoms with E-state index in [9.17, 15) is 19.2 Å². The summed E-state index contributed by atoms with van der Waals surface area (Å²) in [5.41, 5.74) is 1.37. The number of nitrogens with zero attached hydrogens (tertiary/aromatic N) is 1. The fourth-order valence-electron chi connectivity index (χ4n) is 6.02. The molecule has 1 heterocycles. The molecule has 2 fully saturated rings. The number of benzene rings is 2. The fraction of sp³-hybridized carbons (Fsp3) is 0.484. The van der Waals surface area contributed by atoms with Crippen LogP contribution in [-0.2, 0) is 20.8 Å². The Morgan fingerprint density at radius 3 is 2.29 bits per heavy atom. The number of anilines is 1. The molecule has 2 aliphatic rings. The molecule has 220 valence electrons. The summed E-state index contributed by atoms with van der Waals surface area (Å²) >= 11 is 12.3. The first-order valence-corrected chi connectivity index (χ1v) is 15.1. The van der Waals surface area contributed by atoms with Gasteiger partial charge in [0.25, 0.3) is 5.91 Å². The van der Waals surface area contributed by atoms with Gasteiger partial charge in [0, 0.05) is 31.7 Å². The topological polar surface area (TPSA) is 108 Å². The molecule has 41 heavy (non-hydrogen) atoms. The molecule has 0 aromatic heterocycles. The Kier molecular flexibility index (Phi) is 10.3. The van der Waals surface area contributed by atoms with Crippen LogP contribution in [0.25, 0.3) is 0 Å². The molecule has 1 saturated heterocycles. The smallest absolute Gasteiger partial charge is 0.258 e. The minimum absolute atomic E-state index is 0.0310. The number of rotatable bonds is 10. The Balaban J connectivity index is 1.28. The Hall–Kier alpha value is -3.10. The van der Waals surface area contributed by atoms with Gasteiger partial charge in [0.2, 0.25) is 17.7 Å². The summed E-state index contributed by atoms with van der Waals surface area (Å²) in [6, 6.07) is 11.9. The molecular formula is C31H38Cl2N4O4. The summed E-state index contributed by atoms with van der Waals surface area (Å²) in [6.45, 7) is 4.51. The van der Waals surface area contributed by atoms with Gasteiger partial charge in [0.15, 0.2) is 0 Å². The molecule has 8 nitrogen and oxygen atoms in total. The standard InChI is InChI=1S/C31H38Cl2N4O4/c1-20(19-22-10-12-23(13-11-22)36-29(40)27-24(32)7-5-8-25(27)33)35-30(41)31(14-3-4-15-31)16-17-34-28(39)26-9-6-18-37(26)21(2)38/h5,7-8,10-13,20,26H,3-4,6,9,14-19H2,1-2H3,(H,34,39)(H,35,41)(H,36,40). The summed E-state index contributed by atoms with van der Waals surface area (Å²) in [6.07, 6.45) is 6.29. The van der Waals surface area contributed by atoms with Crippen LogP contribution in [-0.4, -0.2) is 53.7 Å². The Morgan fingerprint density at radius 2 is 1.66 bits per heavy atom. The molecule has 10 heteroatoms. The zero-order valence-corrected chi connectivity index (χ0v) is 25.1. The van der Waals surface area contributed by atoms with Crippen molar-refractivity contribution < 1.29 is 19.2 Å². The van der Waals surface area contributed by atoms with Gasteiger partial charge in [-0.2, -0.15) is 0 Å².